The monoisotopic (exact) mass is 390 g/mol. The highest BCUT2D eigenvalue weighted by Gasteiger charge is 2.35. The third-order valence-electron chi connectivity index (χ3n) is 3.44. The van der Waals surface area contributed by atoms with E-state index in [4.69, 9.17) is 5.14 Å². The molecule has 1 aromatic rings. The first kappa shape index (κ1) is 16.9. The summed E-state index contributed by atoms with van der Waals surface area (Å²) in [6, 6.07) is 3.13. The van der Waals surface area contributed by atoms with E-state index in [1.807, 2.05) is 0 Å². The maximum absolute atomic E-state index is 12.2. The van der Waals surface area contributed by atoms with E-state index in [1.54, 1.807) is 13.0 Å². The van der Waals surface area contributed by atoms with Crippen LogP contribution in [0.2, 0.25) is 0 Å². The number of aryl methyl sites for hydroxylation is 1. The van der Waals surface area contributed by atoms with E-state index in [2.05, 4.69) is 15.9 Å². The number of primary sulfonamides is 1. The highest BCUT2D eigenvalue weighted by Crippen LogP contribution is 2.33. The van der Waals surface area contributed by atoms with Crippen LogP contribution >= 0.6 is 15.9 Å². The predicted molar refractivity (Wildman–Crippen MR) is 84.3 cm³/mol. The van der Waals surface area contributed by atoms with Crippen LogP contribution in [-0.4, -0.2) is 37.7 Å². The summed E-state index contributed by atoms with van der Waals surface area (Å²) in [5, 5.41) is 14.4. The van der Waals surface area contributed by atoms with E-state index in [9.17, 15) is 23.1 Å². The minimum atomic E-state index is -3.68. The number of carbonyl (C=O) groups is 2. The Bertz CT molecular complexity index is 747. The number of carbonyl (C=O) groups excluding carboxylic acids is 1. The topological polar surface area (TPSA) is 118 Å². The van der Waals surface area contributed by atoms with Crippen LogP contribution in [-0.2, 0) is 14.8 Å². The number of anilines is 1. The predicted octanol–water partition coefficient (Wildman–Crippen LogP) is 1.10. The normalized spacial score (nSPS) is 18.8. The molecule has 1 fully saturated rings. The molecule has 0 bridgehead atoms. The molecule has 7 nitrogen and oxygen atoms in total. The number of sulfonamides is 1. The summed E-state index contributed by atoms with van der Waals surface area (Å²) in [5.41, 5.74) is 0.922. The van der Waals surface area contributed by atoms with Gasteiger partial charge in [0.15, 0.2) is 0 Å². The Kier molecular flexibility index (Phi) is 4.59. The van der Waals surface area contributed by atoms with Gasteiger partial charge in [-0.05, 0) is 24.6 Å². The van der Waals surface area contributed by atoms with Crippen molar-refractivity contribution in [3.05, 3.63) is 27.7 Å². The number of hydrogen-bond donors (Lipinski definition) is 2. The second-order valence-corrected chi connectivity index (χ2v) is 7.90. The molecule has 1 aromatic carbocycles. The number of carboxylic acid groups (broad SMARTS) is 1. The van der Waals surface area contributed by atoms with E-state index in [0.717, 1.165) is 0 Å². The van der Waals surface area contributed by atoms with Gasteiger partial charge in [0.1, 0.15) is 0 Å². The molecule has 1 heterocycles. The number of carboxylic acids is 1. The zero-order chi connectivity index (χ0) is 16.7. The highest BCUT2D eigenvalue weighted by molar-refractivity contribution is 9.10. The van der Waals surface area contributed by atoms with Crippen LogP contribution < -0.4 is 10.0 Å². The summed E-state index contributed by atoms with van der Waals surface area (Å²) in [7, 11) is -3.68. The van der Waals surface area contributed by atoms with Gasteiger partial charge >= 0.3 is 5.97 Å². The fourth-order valence-electron chi connectivity index (χ4n) is 2.69. The minimum absolute atomic E-state index is 0.00326. The Morgan fingerprint density at radius 3 is 2.68 bits per heavy atom. The molecule has 0 aliphatic carbocycles. The summed E-state index contributed by atoms with van der Waals surface area (Å²) in [6.07, 6.45) is 0.0327. The van der Waals surface area contributed by atoms with Crippen molar-refractivity contribution in [1.82, 2.24) is 0 Å². The summed E-state index contributed by atoms with van der Waals surface area (Å²) in [5.74, 6) is -2.19. The van der Waals surface area contributed by atoms with Gasteiger partial charge in [-0.25, -0.2) is 18.4 Å². The van der Waals surface area contributed by atoms with Gasteiger partial charge in [-0.1, -0.05) is 15.9 Å². The molecule has 1 saturated heterocycles. The lowest BCUT2D eigenvalue weighted by Gasteiger charge is -2.21. The molecule has 0 spiro atoms. The number of aromatic carboxylic acids is 1. The number of amides is 1. The fourth-order valence-corrected chi connectivity index (χ4v) is 4.15. The fraction of sp³-hybridized carbons (Fsp3) is 0.385. The molecule has 0 aromatic heterocycles. The second-order valence-electron chi connectivity index (χ2n) is 5.33. The van der Waals surface area contributed by atoms with Crippen LogP contribution in [0.5, 0.6) is 0 Å². The standard InChI is InChI=1S/C13H15BrN2O5S/c1-7-2-9(14)4-10(13(18)19)12(7)16-5-8(3-11(16)17)6-22(15,20)21/h2,4,8H,3,5-6H2,1H3,(H,18,19)(H2,15,20,21). The van der Waals surface area contributed by atoms with Gasteiger partial charge in [-0.2, -0.15) is 0 Å². The number of benzene rings is 1. The summed E-state index contributed by atoms with van der Waals surface area (Å²) in [6.45, 7) is 1.84. The van der Waals surface area contributed by atoms with Gasteiger partial charge in [0, 0.05) is 23.4 Å². The lowest BCUT2D eigenvalue weighted by molar-refractivity contribution is -0.117. The Morgan fingerprint density at radius 1 is 1.50 bits per heavy atom. The number of halogens is 1. The zero-order valence-electron chi connectivity index (χ0n) is 11.7. The Morgan fingerprint density at radius 2 is 2.14 bits per heavy atom. The van der Waals surface area contributed by atoms with Crippen molar-refractivity contribution in [2.45, 2.75) is 13.3 Å². The summed E-state index contributed by atoms with van der Waals surface area (Å²) in [4.78, 5) is 24.9. The third-order valence-corrected chi connectivity index (χ3v) is 4.83. The van der Waals surface area contributed by atoms with Crippen molar-refractivity contribution in [3.63, 3.8) is 0 Å². The molecule has 9 heteroatoms. The molecule has 120 valence electrons. The van der Waals surface area contributed by atoms with E-state index < -0.39 is 21.9 Å². The van der Waals surface area contributed by atoms with Crippen molar-refractivity contribution >= 4 is 43.5 Å². The van der Waals surface area contributed by atoms with Gasteiger partial charge in [0.05, 0.1) is 17.0 Å². The van der Waals surface area contributed by atoms with Gasteiger partial charge in [-0.15, -0.1) is 0 Å². The van der Waals surface area contributed by atoms with Crippen LogP contribution in [0.25, 0.3) is 0 Å². The Labute approximate surface area is 136 Å². The van der Waals surface area contributed by atoms with Crippen LogP contribution in [0, 0.1) is 12.8 Å². The van der Waals surface area contributed by atoms with Crippen LogP contribution in [0.4, 0.5) is 5.69 Å². The Hall–Kier alpha value is -1.45. The first-order valence-electron chi connectivity index (χ1n) is 6.42. The average molecular weight is 391 g/mol. The van der Waals surface area contributed by atoms with E-state index in [-0.39, 0.29) is 30.2 Å². The second kappa shape index (κ2) is 5.98. The average Bonchev–Trinajstić information content (AvgIpc) is 2.66. The Balaban J connectivity index is 2.40. The molecule has 3 N–H and O–H groups in total. The first-order chi connectivity index (χ1) is 10.1. The van der Waals surface area contributed by atoms with Gasteiger partial charge in [0.2, 0.25) is 15.9 Å². The van der Waals surface area contributed by atoms with E-state index in [1.165, 1.54) is 11.0 Å². The summed E-state index contributed by atoms with van der Waals surface area (Å²) < 4.78 is 22.9. The lowest BCUT2D eigenvalue weighted by atomic mass is 10.1. The van der Waals surface area contributed by atoms with E-state index >= 15 is 0 Å². The van der Waals surface area contributed by atoms with Gasteiger partial charge < -0.3 is 10.0 Å². The molecule has 0 saturated carbocycles. The maximum Gasteiger partial charge on any atom is 0.337 e. The molecule has 1 aliphatic heterocycles. The molecule has 1 atom stereocenters. The van der Waals surface area contributed by atoms with Crippen LogP contribution in [0.1, 0.15) is 22.3 Å². The first-order valence-corrected chi connectivity index (χ1v) is 8.93. The number of hydrogen-bond acceptors (Lipinski definition) is 4. The van der Waals surface area contributed by atoms with Crippen LogP contribution in [0.3, 0.4) is 0 Å². The molecule has 22 heavy (non-hydrogen) atoms. The van der Waals surface area contributed by atoms with Crippen molar-refractivity contribution < 1.29 is 23.1 Å². The number of nitrogens with two attached hydrogens (primary N) is 1. The van der Waals surface area contributed by atoms with Crippen molar-refractivity contribution in [1.29, 1.82) is 0 Å². The zero-order valence-corrected chi connectivity index (χ0v) is 14.1. The number of rotatable bonds is 4. The third kappa shape index (κ3) is 3.65. The molecule has 1 aliphatic rings. The van der Waals surface area contributed by atoms with Gasteiger partial charge in [-0.3, -0.25) is 4.79 Å². The molecule has 1 amide bonds. The van der Waals surface area contributed by atoms with E-state index in [0.29, 0.717) is 15.7 Å². The quantitative estimate of drug-likeness (QED) is 0.797. The SMILES string of the molecule is Cc1cc(Br)cc(C(=O)O)c1N1CC(CS(N)(=O)=O)CC1=O. The number of nitrogens with zero attached hydrogens (tertiary/aromatic N) is 1. The molecular weight excluding hydrogens is 376 g/mol. The van der Waals surface area contributed by atoms with Crippen molar-refractivity contribution in [3.8, 4) is 0 Å². The molecule has 0 radical (unpaired) electrons. The lowest BCUT2D eigenvalue weighted by Crippen LogP contribution is -2.29. The maximum atomic E-state index is 12.2. The molecular formula is C13H15BrN2O5S. The van der Waals surface area contributed by atoms with Crippen molar-refractivity contribution in [2.24, 2.45) is 11.1 Å². The summed E-state index contributed by atoms with van der Waals surface area (Å²) >= 11 is 3.23. The smallest absolute Gasteiger partial charge is 0.337 e. The molecule has 1 unspecified atom stereocenters. The largest absolute Gasteiger partial charge is 0.478 e. The van der Waals surface area contributed by atoms with Gasteiger partial charge in [0.25, 0.3) is 0 Å². The minimum Gasteiger partial charge on any atom is -0.478 e. The van der Waals surface area contributed by atoms with Crippen molar-refractivity contribution in [2.75, 3.05) is 17.2 Å². The van der Waals surface area contributed by atoms with Crippen LogP contribution in [0.15, 0.2) is 16.6 Å². The highest BCUT2D eigenvalue weighted by atomic mass is 79.9. The molecule has 2 rings (SSSR count).